The van der Waals surface area contributed by atoms with Crippen LogP contribution in [0.15, 0.2) is 36.4 Å². The third-order valence-corrected chi connectivity index (χ3v) is 5.78. The Kier molecular flexibility index (Phi) is 7.41. The van der Waals surface area contributed by atoms with Gasteiger partial charge in [-0.05, 0) is 66.3 Å². The molecule has 0 spiro atoms. The number of ether oxygens (including phenoxy) is 1. The van der Waals surface area contributed by atoms with Gasteiger partial charge in [0, 0.05) is 6.42 Å². The monoisotopic (exact) mass is 390 g/mol. The molecule has 3 rings (SSSR count). The Balaban J connectivity index is 1.68. The number of rotatable bonds is 8. The van der Waals surface area contributed by atoms with Gasteiger partial charge in [0.1, 0.15) is 0 Å². The molecule has 0 heterocycles. The Hall–Kier alpha value is -1.97. The number of benzene rings is 2. The summed E-state index contributed by atoms with van der Waals surface area (Å²) in [4.78, 5) is 0. The normalized spacial score (nSPS) is 19.6. The molecule has 0 amide bonds. The van der Waals surface area contributed by atoms with E-state index < -0.39 is 24.1 Å². The summed E-state index contributed by atoms with van der Waals surface area (Å²) in [5.74, 6) is -0.490. The first-order valence-corrected chi connectivity index (χ1v) is 10.4. The molecular weight excluding hydrogens is 361 g/mol. The van der Waals surface area contributed by atoms with Crippen molar-refractivity contribution >= 4 is 0 Å². The molecule has 0 unspecified atom stereocenters. The van der Waals surface area contributed by atoms with E-state index in [-0.39, 0.29) is 13.0 Å². The average Bonchev–Trinajstić information content (AvgIpc) is 2.71. The van der Waals surface area contributed by atoms with E-state index in [1.807, 2.05) is 12.1 Å². The zero-order chi connectivity index (χ0) is 19.9. The molecule has 152 valence electrons. The first-order chi connectivity index (χ1) is 13.6. The lowest BCUT2D eigenvalue weighted by Crippen LogP contribution is -2.13. The van der Waals surface area contributed by atoms with Crippen molar-refractivity contribution in [3.05, 3.63) is 53.6 Å². The maximum absolute atomic E-state index is 14.2. The van der Waals surface area contributed by atoms with Crippen LogP contribution in [0.1, 0.15) is 63.4 Å². The zero-order valence-electron chi connectivity index (χ0n) is 16.5. The van der Waals surface area contributed by atoms with Crippen LogP contribution >= 0.6 is 0 Å². The first kappa shape index (κ1) is 20.8. The standard InChI is InChI=1S/C24H29F3O/c1-2-4-17-5-7-18(8-6-17)19-9-11-20(12-10-19)21-15-22(26)24(23(27)16-21)28-14-3-13-25/h9-12,15-18H,2-8,13-14H2,1H3. The van der Waals surface area contributed by atoms with Crippen molar-refractivity contribution in [2.45, 2.75) is 57.8 Å². The lowest BCUT2D eigenvalue weighted by Gasteiger charge is -2.28. The fourth-order valence-electron chi connectivity index (χ4n) is 4.23. The van der Waals surface area contributed by atoms with Gasteiger partial charge in [-0.15, -0.1) is 0 Å². The number of hydrogen-bond donors (Lipinski definition) is 0. The second-order valence-corrected chi connectivity index (χ2v) is 7.79. The highest BCUT2D eigenvalue weighted by atomic mass is 19.1. The zero-order valence-corrected chi connectivity index (χ0v) is 16.5. The molecule has 0 atom stereocenters. The molecule has 0 radical (unpaired) electrons. The van der Waals surface area contributed by atoms with E-state index in [9.17, 15) is 13.2 Å². The predicted octanol–water partition coefficient (Wildman–Crippen LogP) is 7.44. The third-order valence-electron chi connectivity index (χ3n) is 5.78. The van der Waals surface area contributed by atoms with E-state index in [1.54, 1.807) is 0 Å². The van der Waals surface area contributed by atoms with Gasteiger partial charge in [0.15, 0.2) is 17.4 Å². The Labute approximate surface area is 165 Å². The van der Waals surface area contributed by atoms with E-state index >= 15 is 0 Å². The molecule has 1 aliphatic carbocycles. The molecule has 0 aromatic heterocycles. The van der Waals surface area contributed by atoms with Crippen molar-refractivity contribution in [2.24, 2.45) is 5.92 Å². The van der Waals surface area contributed by atoms with Crippen LogP contribution in [0.4, 0.5) is 13.2 Å². The van der Waals surface area contributed by atoms with Crippen molar-refractivity contribution in [3.8, 4) is 16.9 Å². The van der Waals surface area contributed by atoms with Gasteiger partial charge in [-0.2, -0.15) is 0 Å². The summed E-state index contributed by atoms with van der Waals surface area (Å²) in [6.07, 6.45) is 7.73. The SMILES string of the molecule is CCCC1CCC(c2ccc(-c3cc(F)c(OCCCF)c(F)c3)cc2)CC1. The number of hydrogen-bond acceptors (Lipinski definition) is 1. The minimum absolute atomic E-state index is 0.0428. The van der Waals surface area contributed by atoms with Gasteiger partial charge in [-0.1, -0.05) is 44.0 Å². The summed E-state index contributed by atoms with van der Waals surface area (Å²) in [6, 6.07) is 10.6. The Morgan fingerprint density at radius 1 is 0.929 bits per heavy atom. The van der Waals surface area contributed by atoms with Crippen LogP contribution in [0.3, 0.4) is 0 Å². The smallest absolute Gasteiger partial charge is 0.190 e. The Morgan fingerprint density at radius 3 is 2.14 bits per heavy atom. The Morgan fingerprint density at radius 2 is 1.57 bits per heavy atom. The number of alkyl halides is 1. The topological polar surface area (TPSA) is 9.23 Å². The lowest BCUT2D eigenvalue weighted by molar-refractivity contribution is 0.265. The summed E-state index contributed by atoms with van der Waals surface area (Å²) in [7, 11) is 0. The summed E-state index contributed by atoms with van der Waals surface area (Å²) in [6.45, 7) is 1.63. The largest absolute Gasteiger partial charge is 0.488 e. The van der Waals surface area contributed by atoms with E-state index in [0.29, 0.717) is 11.5 Å². The van der Waals surface area contributed by atoms with E-state index in [1.165, 1.54) is 56.2 Å². The van der Waals surface area contributed by atoms with Gasteiger partial charge in [0.05, 0.1) is 13.3 Å². The minimum atomic E-state index is -0.757. The fourth-order valence-corrected chi connectivity index (χ4v) is 4.23. The van der Waals surface area contributed by atoms with Crippen LogP contribution < -0.4 is 4.74 Å². The van der Waals surface area contributed by atoms with Gasteiger partial charge in [-0.25, -0.2) is 8.78 Å². The van der Waals surface area contributed by atoms with E-state index in [0.717, 1.165) is 11.5 Å². The highest BCUT2D eigenvalue weighted by Gasteiger charge is 2.22. The molecule has 1 aliphatic rings. The van der Waals surface area contributed by atoms with Crippen molar-refractivity contribution < 1.29 is 17.9 Å². The van der Waals surface area contributed by atoms with Crippen LogP contribution in [-0.2, 0) is 0 Å². The van der Waals surface area contributed by atoms with Crippen molar-refractivity contribution in [3.63, 3.8) is 0 Å². The molecule has 2 aromatic carbocycles. The number of halogens is 3. The quantitative estimate of drug-likeness (QED) is 0.426. The molecular formula is C24H29F3O. The summed E-state index contributed by atoms with van der Waals surface area (Å²) < 4.78 is 45.6. The summed E-state index contributed by atoms with van der Waals surface area (Å²) >= 11 is 0. The molecule has 4 heteroatoms. The van der Waals surface area contributed by atoms with Crippen LogP contribution in [0, 0.1) is 17.6 Å². The molecule has 2 aromatic rings. The van der Waals surface area contributed by atoms with Crippen LogP contribution in [0.2, 0.25) is 0 Å². The summed E-state index contributed by atoms with van der Waals surface area (Å²) in [5, 5.41) is 0. The lowest BCUT2D eigenvalue weighted by atomic mass is 9.77. The summed E-state index contributed by atoms with van der Waals surface area (Å²) in [5.41, 5.74) is 2.56. The highest BCUT2D eigenvalue weighted by Crippen LogP contribution is 2.38. The molecule has 0 N–H and O–H groups in total. The molecule has 1 nitrogen and oxygen atoms in total. The van der Waals surface area contributed by atoms with Gasteiger partial charge in [-0.3, -0.25) is 4.39 Å². The van der Waals surface area contributed by atoms with Gasteiger partial charge >= 0.3 is 0 Å². The molecule has 1 saturated carbocycles. The molecule has 1 fully saturated rings. The molecule has 0 bridgehead atoms. The fraction of sp³-hybridized carbons (Fsp3) is 0.500. The average molecular weight is 390 g/mol. The maximum Gasteiger partial charge on any atom is 0.190 e. The van der Waals surface area contributed by atoms with Gasteiger partial charge in [0.2, 0.25) is 0 Å². The van der Waals surface area contributed by atoms with Crippen LogP contribution in [-0.4, -0.2) is 13.3 Å². The van der Waals surface area contributed by atoms with Gasteiger partial charge < -0.3 is 4.74 Å². The second-order valence-electron chi connectivity index (χ2n) is 7.79. The Bertz CT molecular complexity index is 726. The molecule has 28 heavy (non-hydrogen) atoms. The van der Waals surface area contributed by atoms with Crippen LogP contribution in [0.5, 0.6) is 5.75 Å². The molecule has 0 saturated heterocycles. The van der Waals surface area contributed by atoms with E-state index in [4.69, 9.17) is 4.74 Å². The second kappa shape index (κ2) is 9.99. The minimum Gasteiger partial charge on any atom is -0.488 e. The predicted molar refractivity (Wildman–Crippen MR) is 107 cm³/mol. The van der Waals surface area contributed by atoms with Crippen molar-refractivity contribution in [2.75, 3.05) is 13.3 Å². The first-order valence-electron chi connectivity index (χ1n) is 10.4. The van der Waals surface area contributed by atoms with Crippen molar-refractivity contribution in [1.82, 2.24) is 0 Å². The van der Waals surface area contributed by atoms with E-state index in [2.05, 4.69) is 19.1 Å². The van der Waals surface area contributed by atoms with Crippen molar-refractivity contribution in [1.29, 1.82) is 0 Å². The third kappa shape index (κ3) is 5.09. The highest BCUT2D eigenvalue weighted by molar-refractivity contribution is 5.65. The van der Waals surface area contributed by atoms with Crippen LogP contribution in [0.25, 0.3) is 11.1 Å². The maximum atomic E-state index is 14.2. The van der Waals surface area contributed by atoms with Gasteiger partial charge in [0.25, 0.3) is 0 Å². The molecule has 0 aliphatic heterocycles.